The third-order valence-electron chi connectivity index (χ3n) is 2.70. The van der Waals surface area contributed by atoms with Gasteiger partial charge in [-0.25, -0.2) is 0 Å². The van der Waals surface area contributed by atoms with Gasteiger partial charge in [0.1, 0.15) is 0 Å². The molecule has 0 aliphatic rings. The lowest BCUT2D eigenvalue weighted by Crippen LogP contribution is -2.42. The van der Waals surface area contributed by atoms with Crippen LogP contribution in [0.2, 0.25) is 0 Å². The van der Waals surface area contributed by atoms with E-state index in [1.807, 2.05) is 39.8 Å². The van der Waals surface area contributed by atoms with Gasteiger partial charge in [0, 0.05) is 5.92 Å². The minimum Gasteiger partial charge on any atom is -0.347 e. The molecule has 0 spiro atoms. The first kappa shape index (κ1) is 12.8. The molecule has 1 rings (SSSR count). The average molecular weight is 219 g/mol. The van der Waals surface area contributed by atoms with Crippen LogP contribution in [0.1, 0.15) is 38.8 Å². The lowest BCUT2D eigenvalue weighted by Gasteiger charge is -2.28. The predicted octanol–water partition coefficient (Wildman–Crippen LogP) is 3.00. The molecule has 1 aromatic carbocycles. The highest BCUT2D eigenvalue weighted by Crippen LogP contribution is 2.21. The maximum atomic E-state index is 11.7. The Balaban J connectivity index is 2.89. The highest BCUT2D eigenvalue weighted by molar-refractivity contribution is 5.78. The van der Waals surface area contributed by atoms with Gasteiger partial charge in [0.2, 0.25) is 5.91 Å². The molecule has 0 aliphatic heterocycles. The van der Waals surface area contributed by atoms with Gasteiger partial charge < -0.3 is 5.32 Å². The van der Waals surface area contributed by atoms with E-state index in [-0.39, 0.29) is 17.4 Å². The summed E-state index contributed by atoms with van der Waals surface area (Å²) >= 11 is 0. The highest BCUT2D eigenvalue weighted by Gasteiger charge is 2.23. The number of rotatable bonds is 3. The summed E-state index contributed by atoms with van der Waals surface area (Å²) in [6.07, 6.45) is 0. The number of amides is 1. The van der Waals surface area contributed by atoms with Crippen molar-refractivity contribution in [2.24, 2.45) is 5.92 Å². The Labute approximate surface area is 98.1 Å². The van der Waals surface area contributed by atoms with Crippen LogP contribution in [0.3, 0.4) is 0 Å². The number of nitrogens with one attached hydrogen (secondary N) is 1. The van der Waals surface area contributed by atoms with Crippen molar-refractivity contribution in [2.75, 3.05) is 0 Å². The van der Waals surface area contributed by atoms with Gasteiger partial charge >= 0.3 is 0 Å². The van der Waals surface area contributed by atoms with Crippen LogP contribution >= 0.6 is 0 Å². The van der Waals surface area contributed by atoms with E-state index in [9.17, 15) is 4.79 Å². The van der Waals surface area contributed by atoms with Crippen molar-refractivity contribution in [3.05, 3.63) is 35.4 Å². The average Bonchev–Trinajstić information content (AvgIpc) is 2.17. The van der Waals surface area contributed by atoms with Gasteiger partial charge in [-0.1, -0.05) is 43.7 Å². The SMILES string of the molecule is Cc1cccc(C(C)(C)NC(=O)C(C)C)c1. The van der Waals surface area contributed by atoms with Crippen LogP contribution in [0.4, 0.5) is 0 Å². The summed E-state index contributed by atoms with van der Waals surface area (Å²) in [5.74, 6) is 0.107. The maximum absolute atomic E-state index is 11.7. The fourth-order valence-corrected chi connectivity index (χ4v) is 1.56. The number of benzene rings is 1. The third-order valence-corrected chi connectivity index (χ3v) is 2.70. The predicted molar refractivity (Wildman–Crippen MR) is 67.2 cm³/mol. The number of carbonyl (C=O) groups is 1. The van der Waals surface area contributed by atoms with Crippen molar-refractivity contribution in [3.8, 4) is 0 Å². The molecule has 0 radical (unpaired) electrons. The molecule has 0 saturated heterocycles. The summed E-state index contributed by atoms with van der Waals surface area (Å²) in [4.78, 5) is 11.7. The molecule has 0 aromatic heterocycles. The van der Waals surface area contributed by atoms with Gasteiger partial charge in [-0.15, -0.1) is 0 Å². The van der Waals surface area contributed by atoms with Gasteiger partial charge in [-0.05, 0) is 26.3 Å². The molecule has 0 fully saturated rings. The summed E-state index contributed by atoms with van der Waals surface area (Å²) in [6, 6.07) is 8.24. The maximum Gasteiger partial charge on any atom is 0.223 e. The molecule has 1 N–H and O–H groups in total. The molecule has 0 heterocycles. The van der Waals surface area contributed by atoms with Crippen molar-refractivity contribution in [1.82, 2.24) is 5.32 Å². The molecule has 2 heteroatoms. The monoisotopic (exact) mass is 219 g/mol. The van der Waals surface area contributed by atoms with Gasteiger partial charge in [0.15, 0.2) is 0 Å². The molecule has 2 nitrogen and oxygen atoms in total. The molecule has 0 unspecified atom stereocenters. The van der Waals surface area contributed by atoms with Crippen molar-refractivity contribution < 1.29 is 4.79 Å². The second kappa shape index (κ2) is 4.69. The zero-order valence-corrected chi connectivity index (χ0v) is 10.8. The Morgan fingerprint density at radius 1 is 1.31 bits per heavy atom. The largest absolute Gasteiger partial charge is 0.347 e. The molecule has 0 saturated carbocycles. The summed E-state index contributed by atoms with van der Waals surface area (Å²) in [5.41, 5.74) is 2.04. The molecule has 88 valence electrons. The lowest BCUT2D eigenvalue weighted by atomic mass is 9.92. The van der Waals surface area contributed by atoms with E-state index in [1.54, 1.807) is 0 Å². The number of hydrogen-bond donors (Lipinski definition) is 1. The second-order valence-electron chi connectivity index (χ2n) is 5.14. The van der Waals surface area contributed by atoms with Crippen LogP contribution in [0.15, 0.2) is 24.3 Å². The summed E-state index contributed by atoms with van der Waals surface area (Å²) in [6.45, 7) is 9.93. The van der Waals surface area contributed by atoms with E-state index in [0.717, 1.165) is 5.56 Å². The number of carbonyl (C=O) groups excluding carboxylic acids is 1. The molecule has 1 amide bonds. The zero-order chi connectivity index (χ0) is 12.3. The Morgan fingerprint density at radius 2 is 1.94 bits per heavy atom. The minimum atomic E-state index is -0.312. The van der Waals surface area contributed by atoms with Crippen molar-refractivity contribution in [3.63, 3.8) is 0 Å². The van der Waals surface area contributed by atoms with Crippen LogP contribution < -0.4 is 5.32 Å². The quantitative estimate of drug-likeness (QED) is 0.832. The molecule has 16 heavy (non-hydrogen) atoms. The van der Waals surface area contributed by atoms with Crippen molar-refractivity contribution >= 4 is 5.91 Å². The molecular weight excluding hydrogens is 198 g/mol. The first-order chi connectivity index (χ1) is 7.33. The van der Waals surface area contributed by atoms with E-state index in [1.165, 1.54) is 5.56 Å². The van der Waals surface area contributed by atoms with Crippen LogP contribution in [0.5, 0.6) is 0 Å². The molecule has 0 aliphatic carbocycles. The van der Waals surface area contributed by atoms with E-state index >= 15 is 0 Å². The van der Waals surface area contributed by atoms with Crippen molar-refractivity contribution in [2.45, 2.75) is 40.2 Å². The Kier molecular flexibility index (Phi) is 3.74. The summed E-state index contributed by atoms with van der Waals surface area (Å²) in [7, 11) is 0. The summed E-state index contributed by atoms with van der Waals surface area (Å²) < 4.78 is 0. The van der Waals surface area contributed by atoms with E-state index in [0.29, 0.717) is 0 Å². The van der Waals surface area contributed by atoms with Crippen LogP contribution in [-0.4, -0.2) is 5.91 Å². The van der Waals surface area contributed by atoms with Crippen LogP contribution in [-0.2, 0) is 10.3 Å². The first-order valence-electron chi connectivity index (χ1n) is 5.72. The van der Waals surface area contributed by atoms with Crippen LogP contribution in [0, 0.1) is 12.8 Å². The number of hydrogen-bond acceptors (Lipinski definition) is 1. The zero-order valence-electron chi connectivity index (χ0n) is 10.8. The molecule has 1 aromatic rings. The second-order valence-corrected chi connectivity index (χ2v) is 5.14. The molecule has 0 atom stereocenters. The Hall–Kier alpha value is -1.31. The third kappa shape index (κ3) is 3.09. The lowest BCUT2D eigenvalue weighted by molar-refractivity contribution is -0.125. The van der Waals surface area contributed by atoms with E-state index < -0.39 is 0 Å². The standard InChI is InChI=1S/C14H21NO/c1-10(2)13(16)15-14(4,5)12-8-6-7-11(3)9-12/h6-10H,1-5H3,(H,15,16). The van der Waals surface area contributed by atoms with Gasteiger partial charge in [-0.2, -0.15) is 0 Å². The first-order valence-corrected chi connectivity index (χ1v) is 5.72. The van der Waals surface area contributed by atoms with Gasteiger partial charge in [-0.3, -0.25) is 4.79 Å². The normalized spacial score (nSPS) is 11.6. The Bertz CT molecular complexity index is 380. The van der Waals surface area contributed by atoms with Gasteiger partial charge in [0.25, 0.3) is 0 Å². The number of aryl methyl sites for hydroxylation is 1. The van der Waals surface area contributed by atoms with Gasteiger partial charge in [0.05, 0.1) is 5.54 Å². The van der Waals surface area contributed by atoms with Crippen molar-refractivity contribution in [1.29, 1.82) is 0 Å². The fraction of sp³-hybridized carbons (Fsp3) is 0.500. The Morgan fingerprint density at radius 3 is 2.44 bits per heavy atom. The topological polar surface area (TPSA) is 29.1 Å². The fourth-order valence-electron chi connectivity index (χ4n) is 1.56. The summed E-state index contributed by atoms with van der Waals surface area (Å²) in [5, 5.41) is 3.06. The molecular formula is C14H21NO. The highest BCUT2D eigenvalue weighted by atomic mass is 16.2. The van der Waals surface area contributed by atoms with E-state index in [2.05, 4.69) is 24.4 Å². The minimum absolute atomic E-state index is 0.0177. The van der Waals surface area contributed by atoms with Crippen LogP contribution in [0.25, 0.3) is 0 Å². The van der Waals surface area contributed by atoms with E-state index in [4.69, 9.17) is 0 Å². The smallest absolute Gasteiger partial charge is 0.223 e. The molecule has 0 bridgehead atoms.